The lowest BCUT2D eigenvalue weighted by Gasteiger charge is -2.27. The molecule has 2 aromatic rings. The number of likely N-dealkylation sites (tertiary alicyclic amines) is 1. The van der Waals surface area contributed by atoms with Gasteiger partial charge in [0.15, 0.2) is 0 Å². The van der Waals surface area contributed by atoms with Crippen molar-refractivity contribution in [2.45, 2.75) is 50.4 Å². The molecule has 1 aromatic carbocycles. The summed E-state index contributed by atoms with van der Waals surface area (Å²) in [5.74, 6) is 0.631. The van der Waals surface area contributed by atoms with E-state index in [9.17, 15) is 23.2 Å². The minimum atomic E-state index is -4.41. The molecule has 0 spiro atoms. The van der Waals surface area contributed by atoms with Crippen molar-refractivity contribution >= 4 is 5.91 Å². The summed E-state index contributed by atoms with van der Waals surface area (Å²) >= 11 is 0. The Morgan fingerprint density at radius 1 is 1.35 bits per heavy atom. The standard InChI is InChI=1S/C22H24F3N5O/c1-21(13-26,15-7-8-15)29-19(31)12-30-9-3-6-18(30)20-27-11-17(28-20)14-4-2-5-16(10-14)22(23,24)25/h2,4-5,10-11,15,18H,3,6-9,12H2,1H3,(H,27,28)(H,29,31)/t18-,21+/m0/s1. The summed E-state index contributed by atoms with van der Waals surface area (Å²) in [5, 5.41) is 12.3. The van der Waals surface area contributed by atoms with E-state index in [-0.39, 0.29) is 24.4 Å². The maximum Gasteiger partial charge on any atom is 0.416 e. The van der Waals surface area contributed by atoms with Crippen molar-refractivity contribution in [3.8, 4) is 17.3 Å². The number of hydrogen-bond donors (Lipinski definition) is 2. The number of nitriles is 1. The van der Waals surface area contributed by atoms with Crippen LogP contribution in [0.1, 0.15) is 50.0 Å². The molecule has 4 rings (SSSR count). The van der Waals surface area contributed by atoms with Crippen molar-refractivity contribution in [3.63, 3.8) is 0 Å². The number of rotatable bonds is 6. The predicted molar refractivity (Wildman–Crippen MR) is 107 cm³/mol. The average molecular weight is 431 g/mol. The fraction of sp³-hybridized carbons (Fsp3) is 0.500. The van der Waals surface area contributed by atoms with Gasteiger partial charge in [0, 0.05) is 5.56 Å². The number of H-pyrrole nitrogens is 1. The Bertz CT molecular complexity index is 1010. The quantitative estimate of drug-likeness (QED) is 0.723. The Balaban J connectivity index is 1.46. The van der Waals surface area contributed by atoms with Crippen molar-refractivity contribution in [1.29, 1.82) is 5.26 Å². The third-order valence-corrected chi connectivity index (χ3v) is 6.15. The molecule has 6 nitrogen and oxygen atoms in total. The second-order valence-electron chi connectivity index (χ2n) is 8.53. The number of aromatic nitrogens is 2. The van der Waals surface area contributed by atoms with Crippen LogP contribution in [0.2, 0.25) is 0 Å². The van der Waals surface area contributed by atoms with Gasteiger partial charge in [-0.2, -0.15) is 18.4 Å². The highest BCUT2D eigenvalue weighted by Crippen LogP contribution is 2.39. The lowest BCUT2D eigenvalue weighted by atomic mass is 9.98. The smallest absolute Gasteiger partial charge is 0.341 e. The van der Waals surface area contributed by atoms with Crippen molar-refractivity contribution < 1.29 is 18.0 Å². The van der Waals surface area contributed by atoms with Crippen LogP contribution in [0.3, 0.4) is 0 Å². The number of aromatic amines is 1. The van der Waals surface area contributed by atoms with Gasteiger partial charge >= 0.3 is 6.18 Å². The monoisotopic (exact) mass is 431 g/mol. The molecule has 2 aliphatic rings. The van der Waals surface area contributed by atoms with Crippen LogP contribution >= 0.6 is 0 Å². The highest BCUT2D eigenvalue weighted by molar-refractivity contribution is 5.79. The van der Waals surface area contributed by atoms with Crippen LogP contribution in [-0.2, 0) is 11.0 Å². The van der Waals surface area contributed by atoms with Gasteiger partial charge in [0.1, 0.15) is 11.4 Å². The van der Waals surface area contributed by atoms with Gasteiger partial charge in [0.2, 0.25) is 5.91 Å². The maximum absolute atomic E-state index is 13.0. The Labute approximate surface area is 178 Å². The summed E-state index contributed by atoms with van der Waals surface area (Å²) in [6.45, 7) is 2.62. The molecule has 0 radical (unpaired) electrons. The van der Waals surface area contributed by atoms with Gasteiger partial charge in [0.05, 0.1) is 36.1 Å². The molecule has 164 valence electrons. The largest absolute Gasteiger partial charge is 0.416 e. The second-order valence-corrected chi connectivity index (χ2v) is 8.53. The number of alkyl halides is 3. The minimum absolute atomic E-state index is 0.125. The molecule has 0 unspecified atom stereocenters. The molecule has 1 aliphatic heterocycles. The third kappa shape index (κ3) is 4.59. The third-order valence-electron chi connectivity index (χ3n) is 6.15. The van der Waals surface area contributed by atoms with Crippen molar-refractivity contribution in [2.24, 2.45) is 5.92 Å². The van der Waals surface area contributed by atoms with Gasteiger partial charge in [-0.1, -0.05) is 12.1 Å². The first-order valence-corrected chi connectivity index (χ1v) is 10.4. The number of hydrogen-bond acceptors (Lipinski definition) is 4. The summed E-state index contributed by atoms with van der Waals surface area (Å²) in [5.41, 5.74) is -0.641. The summed E-state index contributed by atoms with van der Waals surface area (Å²) in [7, 11) is 0. The SMILES string of the molecule is C[C@](C#N)(NC(=O)CN1CCC[C@H]1c1ncc(-c2cccc(C(F)(F)F)c2)[nH]1)C1CC1. The maximum atomic E-state index is 13.0. The van der Waals surface area contributed by atoms with Crippen LogP contribution in [-0.4, -0.2) is 39.4 Å². The molecular weight excluding hydrogens is 407 g/mol. The van der Waals surface area contributed by atoms with E-state index in [1.165, 1.54) is 12.3 Å². The van der Waals surface area contributed by atoms with Crippen molar-refractivity contribution in [3.05, 3.63) is 41.9 Å². The van der Waals surface area contributed by atoms with E-state index in [2.05, 4.69) is 21.4 Å². The molecule has 1 aliphatic carbocycles. The summed E-state index contributed by atoms with van der Waals surface area (Å²) in [6, 6.07) is 7.21. The fourth-order valence-electron chi connectivity index (χ4n) is 4.24. The number of amides is 1. The number of benzene rings is 1. The average Bonchev–Trinajstić information content (AvgIpc) is 3.31. The lowest BCUT2D eigenvalue weighted by molar-refractivity contribution is -0.137. The molecular formula is C22H24F3N5O. The van der Waals surface area contributed by atoms with E-state index < -0.39 is 17.3 Å². The number of carbonyl (C=O) groups is 1. The number of nitrogens with one attached hydrogen (secondary N) is 2. The van der Waals surface area contributed by atoms with Gasteiger partial charge in [0.25, 0.3) is 0 Å². The van der Waals surface area contributed by atoms with Crippen LogP contribution in [0.15, 0.2) is 30.5 Å². The molecule has 0 bridgehead atoms. The summed E-state index contributed by atoms with van der Waals surface area (Å²) < 4.78 is 39.0. The highest BCUT2D eigenvalue weighted by atomic mass is 19.4. The molecule has 1 aromatic heterocycles. The molecule has 9 heteroatoms. The molecule has 1 saturated heterocycles. The second kappa shape index (κ2) is 8.00. The number of carbonyl (C=O) groups excluding carboxylic acids is 1. The topological polar surface area (TPSA) is 84.8 Å². The Morgan fingerprint density at radius 2 is 2.13 bits per heavy atom. The van der Waals surface area contributed by atoms with Crippen LogP contribution < -0.4 is 5.32 Å². The predicted octanol–water partition coefficient (Wildman–Crippen LogP) is 4.04. The van der Waals surface area contributed by atoms with E-state index in [1.807, 2.05) is 4.90 Å². The number of imidazole rings is 1. The minimum Gasteiger partial charge on any atom is -0.341 e. The Kier molecular flexibility index (Phi) is 5.52. The Morgan fingerprint density at radius 3 is 2.81 bits per heavy atom. The lowest BCUT2D eigenvalue weighted by Crippen LogP contribution is -2.50. The van der Waals surface area contributed by atoms with Gasteiger partial charge in [-0.25, -0.2) is 4.98 Å². The van der Waals surface area contributed by atoms with Crippen LogP contribution in [0.25, 0.3) is 11.3 Å². The summed E-state index contributed by atoms with van der Waals surface area (Å²) in [4.78, 5) is 22.1. The molecule has 2 atom stereocenters. The van der Waals surface area contributed by atoms with Crippen molar-refractivity contribution in [2.75, 3.05) is 13.1 Å². The molecule has 2 heterocycles. The first kappa shape index (κ1) is 21.4. The zero-order valence-corrected chi connectivity index (χ0v) is 17.2. The van der Waals surface area contributed by atoms with E-state index in [1.54, 1.807) is 13.0 Å². The van der Waals surface area contributed by atoms with Crippen molar-refractivity contribution in [1.82, 2.24) is 20.2 Å². The highest BCUT2D eigenvalue weighted by Gasteiger charge is 2.43. The van der Waals surface area contributed by atoms with E-state index >= 15 is 0 Å². The molecule has 2 N–H and O–H groups in total. The van der Waals surface area contributed by atoms with Gasteiger partial charge in [-0.05, 0) is 57.2 Å². The number of nitrogens with zero attached hydrogens (tertiary/aromatic N) is 3. The van der Waals surface area contributed by atoms with E-state index in [0.29, 0.717) is 23.6 Å². The van der Waals surface area contributed by atoms with Gasteiger partial charge in [-0.15, -0.1) is 0 Å². The molecule has 1 amide bonds. The fourth-order valence-corrected chi connectivity index (χ4v) is 4.24. The molecule has 1 saturated carbocycles. The van der Waals surface area contributed by atoms with Gasteiger partial charge < -0.3 is 10.3 Å². The van der Waals surface area contributed by atoms with Gasteiger partial charge in [-0.3, -0.25) is 9.69 Å². The van der Waals surface area contributed by atoms with E-state index in [0.717, 1.165) is 37.8 Å². The first-order chi connectivity index (χ1) is 14.7. The molecule has 31 heavy (non-hydrogen) atoms. The van der Waals surface area contributed by atoms with Crippen LogP contribution in [0.4, 0.5) is 13.2 Å². The van der Waals surface area contributed by atoms with Crippen LogP contribution in [0.5, 0.6) is 0 Å². The zero-order valence-electron chi connectivity index (χ0n) is 17.2. The number of halogens is 3. The first-order valence-electron chi connectivity index (χ1n) is 10.4. The van der Waals surface area contributed by atoms with E-state index in [4.69, 9.17) is 0 Å². The normalized spacial score (nSPS) is 21.5. The summed E-state index contributed by atoms with van der Waals surface area (Å²) in [6.07, 6.45) is 0.688. The molecule has 2 fully saturated rings. The zero-order chi connectivity index (χ0) is 22.2. The van der Waals surface area contributed by atoms with Crippen LogP contribution in [0, 0.1) is 17.2 Å². The Hall–Kier alpha value is -2.86.